The quantitative estimate of drug-likeness (QED) is 0.644. The number of rotatable bonds is 5. The Hall–Kier alpha value is -0.900. The fraction of sp³-hybridized carbons (Fsp3) is 0. The van der Waals surface area contributed by atoms with Gasteiger partial charge in [-0.2, -0.15) is 4.08 Å². The number of halogens is 3. The number of hydrogen-bond acceptors (Lipinski definition) is 4. The van der Waals surface area contributed by atoms with Crippen LogP contribution in [-0.2, 0) is 8.64 Å². The Morgan fingerprint density at radius 3 is 1.55 bits per heavy atom. The van der Waals surface area contributed by atoms with Crippen LogP contribution in [0.25, 0.3) is 0 Å². The summed E-state index contributed by atoms with van der Waals surface area (Å²) in [7, 11) is -4.10. The summed E-state index contributed by atoms with van der Waals surface area (Å²) in [5, 5.41) is 0.480. The van der Waals surface area contributed by atoms with Gasteiger partial charge in [0.1, 0.15) is 0 Å². The van der Waals surface area contributed by atoms with Crippen LogP contribution in [0.3, 0.4) is 0 Å². The minimum atomic E-state index is -4.10. The van der Waals surface area contributed by atoms with Crippen LogP contribution >= 0.6 is 42.9 Å². The van der Waals surface area contributed by atoms with Crippen LogP contribution in [0.2, 0.25) is 10.0 Å². The summed E-state index contributed by atoms with van der Waals surface area (Å²) < 4.78 is 26.9. The van der Waals surface area contributed by atoms with Crippen molar-refractivity contribution in [1.29, 1.82) is 0 Å². The van der Waals surface area contributed by atoms with Gasteiger partial charge in [-0.15, -0.1) is 0 Å². The lowest BCUT2D eigenvalue weighted by Gasteiger charge is -2.16. The zero-order valence-electron chi connectivity index (χ0n) is 9.83. The van der Waals surface area contributed by atoms with E-state index >= 15 is 0 Å². The largest absolute Gasteiger partial charge is 0.604 e. The van der Waals surface area contributed by atoms with E-state index in [2.05, 4.69) is 4.08 Å². The van der Waals surface area contributed by atoms with Crippen molar-refractivity contribution in [1.82, 2.24) is 0 Å². The van der Waals surface area contributed by atoms with Gasteiger partial charge in [-0.25, -0.2) is 4.57 Å². The molecule has 106 valence electrons. The molecular formula is C12H8Cl3O4P. The second-order valence-electron chi connectivity index (χ2n) is 3.56. The first kappa shape index (κ1) is 15.5. The fourth-order valence-electron chi connectivity index (χ4n) is 1.33. The molecule has 0 amide bonds. The van der Waals surface area contributed by atoms with E-state index in [4.69, 9.17) is 44.1 Å². The van der Waals surface area contributed by atoms with Gasteiger partial charge in [-0.3, -0.25) is 0 Å². The first-order valence-corrected chi connectivity index (χ1v) is 7.85. The van der Waals surface area contributed by atoms with Crippen LogP contribution in [0, 0.1) is 0 Å². The van der Waals surface area contributed by atoms with E-state index in [0.717, 1.165) is 0 Å². The Balaban J connectivity index is 2.24. The first-order valence-electron chi connectivity index (χ1n) is 5.33. The van der Waals surface area contributed by atoms with Gasteiger partial charge >= 0.3 is 7.82 Å². The average Bonchev–Trinajstić information content (AvgIpc) is 2.44. The van der Waals surface area contributed by atoms with E-state index in [-0.39, 0.29) is 21.5 Å². The molecule has 0 aliphatic heterocycles. The molecule has 0 heterocycles. The fourth-order valence-corrected chi connectivity index (χ4v) is 2.84. The maximum Gasteiger partial charge on any atom is 0.604 e. The van der Waals surface area contributed by atoms with Crippen molar-refractivity contribution in [2.75, 3.05) is 0 Å². The number of para-hydroxylation sites is 2. The highest BCUT2D eigenvalue weighted by atomic mass is 35.5. The van der Waals surface area contributed by atoms with E-state index in [1.54, 1.807) is 36.4 Å². The number of benzene rings is 2. The summed E-state index contributed by atoms with van der Waals surface area (Å²) in [6.45, 7) is 0. The molecule has 8 heteroatoms. The van der Waals surface area contributed by atoms with E-state index in [1.165, 1.54) is 12.1 Å². The summed E-state index contributed by atoms with van der Waals surface area (Å²) in [6, 6.07) is 12.8. The second-order valence-corrected chi connectivity index (χ2v) is 6.19. The molecule has 0 aliphatic carbocycles. The number of phosphoric ester groups is 1. The average molecular weight is 354 g/mol. The highest BCUT2D eigenvalue weighted by Gasteiger charge is 2.32. The van der Waals surface area contributed by atoms with Crippen molar-refractivity contribution >= 4 is 42.9 Å². The smallest absolute Gasteiger partial charge is 0.393 e. The zero-order chi connectivity index (χ0) is 14.6. The molecule has 0 spiro atoms. The lowest BCUT2D eigenvalue weighted by molar-refractivity contribution is 0.308. The molecule has 2 aromatic rings. The monoisotopic (exact) mass is 352 g/mol. The lowest BCUT2D eigenvalue weighted by atomic mass is 10.3. The first-order chi connectivity index (χ1) is 9.54. The summed E-state index contributed by atoms with van der Waals surface area (Å²) >= 11 is 17.0. The third-order valence-electron chi connectivity index (χ3n) is 2.18. The van der Waals surface area contributed by atoms with Gasteiger partial charge in [0.2, 0.25) is 0 Å². The van der Waals surface area contributed by atoms with Gasteiger partial charge in [0.25, 0.3) is 0 Å². The zero-order valence-corrected chi connectivity index (χ0v) is 13.0. The number of phosphoric acid groups is 1. The van der Waals surface area contributed by atoms with Crippen molar-refractivity contribution in [2.45, 2.75) is 0 Å². The van der Waals surface area contributed by atoms with Gasteiger partial charge in [0.05, 0.1) is 21.9 Å². The van der Waals surface area contributed by atoms with E-state index in [1.807, 2.05) is 0 Å². The predicted octanol–water partition coefficient (Wildman–Crippen LogP) is 5.73. The molecule has 0 atom stereocenters. The van der Waals surface area contributed by atoms with Gasteiger partial charge in [0, 0.05) is 0 Å². The maximum atomic E-state index is 12.3. The molecular weight excluding hydrogens is 345 g/mol. The molecule has 2 rings (SSSR count). The van der Waals surface area contributed by atoms with E-state index < -0.39 is 7.82 Å². The minimum absolute atomic E-state index is 0.116. The van der Waals surface area contributed by atoms with Crippen LogP contribution < -0.4 is 9.05 Å². The SMILES string of the molecule is O=P(OCl)(Oc1ccccc1Cl)Oc1ccccc1Cl. The van der Waals surface area contributed by atoms with Crippen molar-refractivity contribution in [3.8, 4) is 11.5 Å². The molecule has 2 aromatic carbocycles. The Morgan fingerprint density at radius 2 is 1.20 bits per heavy atom. The molecule has 0 radical (unpaired) electrons. The molecule has 0 aliphatic rings. The summed E-state index contributed by atoms with van der Waals surface area (Å²) in [5.74, 6) is 0.232. The topological polar surface area (TPSA) is 44.8 Å². The van der Waals surface area contributed by atoms with Crippen LogP contribution in [0.1, 0.15) is 0 Å². The van der Waals surface area contributed by atoms with E-state index in [9.17, 15) is 4.57 Å². The Labute approximate surface area is 130 Å². The Morgan fingerprint density at radius 1 is 0.800 bits per heavy atom. The van der Waals surface area contributed by atoms with Crippen LogP contribution in [0.5, 0.6) is 11.5 Å². The van der Waals surface area contributed by atoms with Crippen molar-refractivity contribution in [3.05, 3.63) is 58.6 Å². The maximum absolute atomic E-state index is 12.3. The molecule has 0 saturated heterocycles. The second kappa shape index (κ2) is 6.70. The van der Waals surface area contributed by atoms with Crippen molar-refractivity contribution in [2.24, 2.45) is 0 Å². The standard InChI is InChI=1S/C12H8Cl3O4P/c13-9-5-1-3-7-11(9)17-20(16,19-15)18-12-8-4-2-6-10(12)14/h1-8H. The van der Waals surface area contributed by atoms with Crippen LogP contribution in [0.15, 0.2) is 48.5 Å². The summed E-state index contributed by atoms with van der Waals surface area (Å²) in [6.07, 6.45) is 0. The third-order valence-corrected chi connectivity index (χ3v) is 4.32. The highest BCUT2D eigenvalue weighted by molar-refractivity contribution is 7.50. The van der Waals surface area contributed by atoms with Gasteiger partial charge in [-0.05, 0) is 24.3 Å². The molecule has 0 saturated carbocycles. The molecule has 0 fully saturated rings. The Bertz CT molecular complexity index is 599. The molecule has 4 nitrogen and oxygen atoms in total. The summed E-state index contributed by atoms with van der Waals surface area (Å²) in [5.41, 5.74) is 0. The molecule has 0 bridgehead atoms. The van der Waals surface area contributed by atoms with Crippen molar-refractivity contribution in [3.63, 3.8) is 0 Å². The van der Waals surface area contributed by atoms with Gasteiger partial charge < -0.3 is 9.05 Å². The normalized spacial score (nSPS) is 11.2. The lowest BCUT2D eigenvalue weighted by Crippen LogP contribution is -2.01. The third kappa shape index (κ3) is 3.81. The summed E-state index contributed by atoms with van der Waals surface area (Å²) in [4.78, 5) is 0. The molecule has 0 N–H and O–H groups in total. The predicted molar refractivity (Wildman–Crippen MR) is 78.7 cm³/mol. The van der Waals surface area contributed by atoms with Gasteiger partial charge in [-0.1, -0.05) is 47.5 Å². The van der Waals surface area contributed by atoms with E-state index in [0.29, 0.717) is 0 Å². The van der Waals surface area contributed by atoms with Crippen LogP contribution in [-0.4, -0.2) is 0 Å². The molecule has 0 aromatic heterocycles. The minimum Gasteiger partial charge on any atom is -0.393 e. The molecule has 20 heavy (non-hydrogen) atoms. The highest BCUT2D eigenvalue weighted by Crippen LogP contribution is 2.52. The number of hydrogen-bond donors (Lipinski definition) is 0. The Kier molecular flexibility index (Phi) is 5.19. The van der Waals surface area contributed by atoms with Crippen molar-refractivity contribution < 1.29 is 17.7 Å². The molecule has 0 unspecified atom stereocenters. The van der Waals surface area contributed by atoms with Gasteiger partial charge in [0.15, 0.2) is 11.5 Å². The van der Waals surface area contributed by atoms with Crippen LogP contribution in [0.4, 0.5) is 0 Å².